The number of carbonyl (C=O) groups is 2. The lowest BCUT2D eigenvalue weighted by Gasteiger charge is -2.13. The summed E-state index contributed by atoms with van der Waals surface area (Å²) in [4.78, 5) is 30.0. The minimum Gasteiger partial charge on any atom is -0.447 e. The minimum atomic E-state index is -0.343. The van der Waals surface area contributed by atoms with Gasteiger partial charge in [-0.3, -0.25) is 9.69 Å². The summed E-state index contributed by atoms with van der Waals surface area (Å²) in [7, 11) is 0. The van der Waals surface area contributed by atoms with Crippen molar-refractivity contribution in [3.8, 4) is 10.6 Å². The molecular formula is C20H17N3O3S. The summed E-state index contributed by atoms with van der Waals surface area (Å²) >= 11 is 1.53. The maximum Gasteiger partial charge on any atom is 0.414 e. The van der Waals surface area contributed by atoms with Crippen molar-refractivity contribution in [1.29, 1.82) is 0 Å². The number of anilines is 2. The molecule has 0 bridgehead atoms. The lowest BCUT2D eigenvalue weighted by Crippen LogP contribution is -2.23. The van der Waals surface area contributed by atoms with Crippen molar-refractivity contribution in [1.82, 2.24) is 4.98 Å². The van der Waals surface area contributed by atoms with Crippen LogP contribution in [0.15, 0.2) is 60.0 Å². The predicted molar refractivity (Wildman–Crippen MR) is 105 cm³/mol. The second-order valence-electron chi connectivity index (χ2n) is 6.05. The van der Waals surface area contributed by atoms with E-state index in [1.807, 2.05) is 35.7 Å². The molecule has 1 aliphatic heterocycles. The number of cyclic esters (lactones) is 1. The van der Waals surface area contributed by atoms with Crippen LogP contribution in [0, 0.1) is 0 Å². The quantitative estimate of drug-likeness (QED) is 0.729. The van der Waals surface area contributed by atoms with E-state index in [0.29, 0.717) is 18.8 Å². The molecule has 1 aliphatic rings. The number of hydrogen-bond donors (Lipinski definition) is 1. The Kier molecular flexibility index (Phi) is 4.84. The smallest absolute Gasteiger partial charge is 0.414 e. The average Bonchev–Trinajstić information content (AvgIpc) is 3.32. The monoisotopic (exact) mass is 379 g/mol. The van der Waals surface area contributed by atoms with Crippen LogP contribution in [0.25, 0.3) is 10.6 Å². The van der Waals surface area contributed by atoms with Gasteiger partial charge in [0.05, 0.1) is 18.7 Å². The van der Waals surface area contributed by atoms with Crippen LogP contribution in [-0.4, -0.2) is 30.1 Å². The van der Waals surface area contributed by atoms with Crippen LogP contribution in [-0.2, 0) is 16.0 Å². The Morgan fingerprint density at radius 1 is 1.15 bits per heavy atom. The molecule has 1 N–H and O–H groups in total. The Labute approximate surface area is 160 Å². The van der Waals surface area contributed by atoms with Crippen molar-refractivity contribution < 1.29 is 14.3 Å². The molecule has 0 spiro atoms. The fourth-order valence-corrected chi connectivity index (χ4v) is 3.65. The fraction of sp³-hybridized carbons (Fsp3) is 0.150. The van der Waals surface area contributed by atoms with E-state index in [2.05, 4.69) is 10.3 Å². The number of hydrogen-bond acceptors (Lipinski definition) is 5. The first kappa shape index (κ1) is 17.2. The van der Waals surface area contributed by atoms with Gasteiger partial charge in [0, 0.05) is 22.3 Å². The molecule has 0 radical (unpaired) electrons. The van der Waals surface area contributed by atoms with Crippen molar-refractivity contribution in [2.45, 2.75) is 6.42 Å². The summed E-state index contributed by atoms with van der Waals surface area (Å²) in [5.41, 5.74) is 3.22. The van der Waals surface area contributed by atoms with Crippen LogP contribution in [0.4, 0.5) is 16.2 Å². The zero-order chi connectivity index (χ0) is 18.6. The van der Waals surface area contributed by atoms with Crippen LogP contribution in [0.5, 0.6) is 0 Å². The molecule has 1 fully saturated rings. The fourth-order valence-electron chi connectivity index (χ4n) is 2.82. The van der Waals surface area contributed by atoms with Gasteiger partial charge in [-0.05, 0) is 24.3 Å². The molecule has 2 aromatic carbocycles. The van der Waals surface area contributed by atoms with Crippen molar-refractivity contribution in [2.24, 2.45) is 0 Å². The normalized spacial score (nSPS) is 13.5. The topological polar surface area (TPSA) is 71.5 Å². The molecule has 0 saturated carbocycles. The number of benzene rings is 2. The van der Waals surface area contributed by atoms with E-state index in [9.17, 15) is 9.59 Å². The Balaban J connectivity index is 1.37. The first-order chi connectivity index (χ1) is 13.2. The maximum absolute atomic E-state index is 12.3. The molecule has 0 atom stereocenters. The Bertz CT molecular complexity index is 954. The second-order valence-corrected chi connectivity index (χ2v) is 6.91. The molecule has 7 heteroatoms. The van der Waals surface area contributed by atoms with Crippen LogP contribution < -0.4 is 10.2 Å². The van der Waals surface area contributed by atoms with Gasteiger partial charge >= 0.3 is 6.09 Å². The third kappa shape index (κ3) is 3.98. The number of ether oxygens (including phenoxy) is 1. The zero-order valence-electron chi connectivity index (χ0n) is 14.4. The van der Waals surface area contributed by atoms with E-state index in [0.717, 1.165) is 22.0 Å². The number of nitrogens with one attached hydrogen (secondary N) is 1. The van der Waals surface area contributed by atoms with Crippen molar-refractivity contribution >= 4 is 34.7 Å². The number of thiazole rings is 1. The highest BCUT2D eigenvalue weighted by molar-refractivity contribution is 7.13. The number of nitrogens with zero attached hydrogens (tertiary/aromatic N) is 2. The highest BCUT2D eigenvalue weighted by Gasteiger charge is 2.23. The summed E-state index contributed by atoms with van der Waals surface area (Å²) in [6.45, 7) is 0.939. The van der Waals surface area contributed by atoms with Gasteiger partial charge in [0.2, 0.25) is 5.91 Å². The number of amides is 2. The molecule has 27 heavy (non-hydrogen) atoms. The van der Waals surface area contributed by atoms with E-state index in [1.54, 1.807) is 29.2 Å². The Hall–Kier alpha value is -3.19. The van der Waals surface area contributed by atoms with E-state index >= 15 is 0 Å². The molecule has 1 saturated heterocycles. The molecular weight excluding hydrogens is 362 g/mol. The number of aromatic nitrogens is 1. The lowest BCUT2D eigenvalue weighted by molar-refractivity contribution is -0.115. The number of rotatable bonds is 5. The first-order valence-corrected chi connectivity index (χ1v) is 9.41. The van der Waals surface area contributed by atoms with Gasteiger partial charge in [-0.25, -0.2) is 9.78 Å². The molecule has 2 amide bonds. The van der Waals surface area contributed by atoms with Gasteiger partial charge in [0.15, 0.2) is 0 Å². The van der Waals surface area contributed by atoms with Crippen LogP contribution in [0.1, 0.15) is 5.69 Å². The second kappa shape index (κ2) is 7.59. The standard InChI is InChI=1S/C20H17N3O3S/c24-18(12-16-13-27-19(22-16)14-4-2-1-3-5-14)21-15-6-8-17(9-7-15)23-10-11-26-20(23)25/h1-9,13H,10-12H2,(H,21,24). The van der Waals surface area contributed by atoms with Gasteiger partial charge in [0.25, 0.3) is 0 Å². The maximum atomic E-state index is 12.3. The molecule has 0 unspecified atom stereocenters. The summed E-state index contributed by atoms with van der Waals surface area (Å²) in [5, 5.41) is 5.67. The van der Waals surface area contributed by atoms with Crippen molar-refractivity contribution in [3.63, 3.8) is 0 Å². The highest BCUT2D eigenvalue weighted by Crippen LogP contribution is 2.24. The molecule has 136 valence electrons. The molecule has 6 nitrogen and oxygen atoms in total. The minimum absolute atomic E-state index is 0.131. The third-order valence-electron chi connectivity index (χ3n) is 4.14. The van der Waals surface area contributed by atoms with Crippen LogP contribution in [0.3, 0.4) is 0 Å². The molecule has 4 rings (SSSR count). The largest absolute Gasteiger partial charge is 0.447 e. The Morgan fingerprint density at radius 3 is 2.63 bits per heavy atom. The van der Waals surface area contributed by atoms with Crippen LogP contribution in [0.2, 0.25) is 0 Å². The Morgan fingerprint density at radius 2 is 1.93 bits per heavy atom. The summed E-state index contributed by atoms with van der Waals surface area (Å²) in [6.07, 6.45) is -0.131. The summed E-state index contributed by atoms with van der Waals surface area (Å²) in [5.74, 6) is -0.131. The van der Waals surface area contributed by atoms with Gasteiger partial charge < -0.3 is 10.1 Å². The summed E-state index contributed by atoms with van der Waals surface area (Å²) in [6, 6.07) is 17.0. The predicted octanol–water partition coefficient (Wildman–Crippen LogP) is 3.95. The van der Waals surface area contributed by atoms with E-state index in [-0.39, 0.29) is 18.4 Å². The van der Waals surface area contributed by atoms with Gasteiger partial charge in [-0.2, -0.15) is 0 Å². The van der Waals surface area contributed by atoms with Gasteiger partial charge in [0.1, 0.15) is 11.6 Å². The van der Waals surface area contributed by atoms with E-state index < -0.39 is 0 Å². The molecule has 0 aliphatic carbocycles. The summed E-state index contributed by atoms with van der Waals surface area (Å²) < 4.78 is 4.93. The molecule has 1 aromatic heterocycles. The third-order valence-corrected chi connectivity index (χ3v) is 5.08. The highest BCUT2D eigenvalue weighted by atomic mass is 32.1. The molecule has 3 aromatic rings. The van der Waals surface area contributed by atoms with E-state index in [1.165, 1.54) is 11.3 Å². The van der Waals surface area contributed by atoms with Crippen molar-refractivity contribution in [2.75, 3.05) is 23.4 Å². The number of carbonyl (C=O) groups excluding carboxylic acids is 2. The van der Waals surface area contributed by atoms with Crippen molar-refractivity contribution in [3.05, 3.63) is 65.7 Å². The van der Waals surface area contributed by atoms with Crippen LogP contribution >= 0.6 is 11.3 Å². The van der Waals surface area contributed by atoms with Gasteiger partial charge in [-0.1, -0.05) is 30.3 Å². The molecule has 2 heterocycles. The van der Waals surface area contributed by atoms with E-state index in [4.69, 9.17) is 4.74 Å². The first-order valence-electron chi connectivity index (χ1n) is 8.53. The SMILES string of the molecule is O=C(Cc1csc(-c2ccccc2)n1)Nc1ccc(N2CCOC2=O)cc1. The lowest BCUT2D eigenvalue weighted by atomic mass is 10.2. The zero-order valence-corrected chi connectivity index (χ0v) is 15.2. The average molecular weight is 379 g/mol. The van der Waals surface area contributed by atoms with Gasteiger partial charge in [-0.15, -0.1) is 11.3 Å².